The van der Waals surface area contributed by atoms with Gasteiger partial charge in [-0.15, -0.1) is 0 Å². The molecule has 0 spiro atoms. The first-order chi connectivity index (χ1) is 10.9. The van der Waals surface area contributed by atoms with Crippen LogP contribution in [-0.2, 0) is 5.60 Å². The van der Waals surface area contributed by atoms with Crippen molar-refractivity contribution in [3.05, 3.63) is 59.5 Å². The molecule has 2 aromatic heterocycles. The molecule has 0 saturated carbocycles. The summed E-state index contributed by atoms with van der Waals surface area (Å²) in [5, 5.41) is 13.4. The summed E-state index contributed by atoms with van der Waals surface area (Å²) in [6, 6.07) is 9.29. The Hall–Kier alpha value is -2.60. The molecule has 0 aliphatic heterocycles. The first-order valence-corrected chi connectivity index (χ1v) is 7.12. The number of para-hydroxylation sites is 1. The highest BCUT2D eigenvalue weighted by Gasteiger charge is 2.28. The smallest absolute Gasteiger partial charge is 0.287 e. The van der Waals surface area contributed by atoms with Crippen molar-refractivity contribution in [1.29, 1.82) is 0 Å². The van der Waals surface area contributed by atoms with Crippen LogP contribution < -0.4 is 5.32 Å². The molecule has 6 heteroatoms. The van der Waals surface area contributed by atoms with Crippen LogP contribution in [0.2, 0.25) is 0 Å². The molecule has 0 aliphatic rings. The van der Waals surface area contributed by atoms with Crippen LogP contribution in [0.3, 0.4) is 0 Å². The molecule has 0 saturated heterocycles. The van der Waals surface area contributed by atoms with Crippen molar-refractivity contribution in [3.63, 3.8) is 0 Å². The number of carbonyl (C=O) groups is 1. The average Bonchev–Trinajstić information content (AvgIpc) is 3.12. The molecule has 2 N–H and O–H groups in total. The summed E-state index contributed by atoms with van der Waals surface area (Å²) in [6.45, 7) is 3.23. The average molecular weight is 317 g/mol. The van der Waals surface area contributed by atoms with Gasteiger partial charge in [-0.25, -0.2) is 4.39 Å². The molecule has 0 radical (unpaired) electrons. The van der Waals surface area contributed by atoms with E-state index in [1.165, 1.54) is 19.1 Å². The molecule has 5 nitrogen and oxygen atoms in total. The lowest BCUT2D eigenvalue weighted by Gasteiger charge is -2.20. The van der Waals surface area contributed by atoms with E-state index < -0.39 is 17.3 Å². The Kier molecular flexibility index (Phi) is 3.69. The third-order valence-electron chi connectivity index (χ3n) is 3.58. The molecule has 2 heterocycles. The fourth-order valence-corrected chi connectivity index (χ4v) is 2.29. The van der Waals surface area contributed by atoms with Crippen molar-refractivity contribution >= 4 is 16.9 Å². The number of halogens is 1. The lowest BCUT2D eigenvalue weighted by atomic mass is 10.0. The van der Waals surface area contributed by atoms with Crippen LogP contribution in [0.1, 0.15) is 29.0 Å². The van der Waals surface area contributed by atoms with E-state index in [2.05, 4.69) is 5.32 Å². The lowest BCUT2D eigenvalue weighted by Crippen LogP contribution is -2.38. The first kappa shape index (κ1) is 15.3. The summed E-state index contributed by atoms with van der Waals surface area (Å²) < 4.78 is 24.2. The number of fused-ring (bicyclic) bond motifs is 1. The van der Waals surface area contributed by atoms with Crippen molar-refractivity contribution < 1.29 is 23.1 Å². The van der Waals surface area contributed by atoms with E-state index in [1.807, 2.05) is 0 Å². The number of aliphatic hydroxyl groups is 1. The van der Waals surface area contributed by atoms with Gasteiger partial charge in [0.1, 0.15) is 17.1 Å². The summed E-state index contributed by atoms with van der Waals surface area (Å²) in [5.41, 5.74) is -1.33. The molecule has 1 unspecified atom stereocenters. The molecule has 3 rings (SSSR count). The summed E-state index contributed by atoms with van der Waals surface area (Å²) in [5.74, 6) is -0.0643. The van der Waals surface area contributed by atoms with E-state index in [0.717, 1.165) is 0 Å². The van der Waals surface area contributed by atoms with Crippen LogP contribution in [0.4, 0.5) is 4.39 Å². The second-order valence-corrected chi connectivity index (χ2v) is 5.64. The van der Waals surface area contributed by atoms with E-state index in [0.29, 0.717) is 16.9 Å². The summed E-state index contributed by atoms with van der Waals surface area (Å²) in [6.07, 6.45) is 0. The Balaban J connectivity index is 1.74. The molecule has 0 aliphatic carbocycles. The third kappa shape index (κ3) is 2.98. The van der Waals surface area contributed by atoms with Crippen molar-refractivity contribution in [3.8, 4) is 0 Å². The summed E-state index contributed by atoms with van der Waals surface area (Å²) >= 11 is 0. The number of benzene rings is 1. The number of hydrogen-bond acceptors (Lipinski definition) is 4. The predicted octanol–water partition coefficient (Wildman–Crippen LogP) is 3.11. The molecule has 120 valence electrons. The van der Waals surface area contributed by atoms with Crippen molar-refractivity contribution in [2.75, 3.05) is 6.54 Å². The SMILES string of the molecule is Cc1ccc(C(C)(O)CNC(=O)c2cc3cccc(F)c3o2)o1. The molecule has 0 bridgehead atoms. The van der Waals surface area contributed by atoms with Crippen molar-refractivity contribution in [2.24, 2.45) is 0 Å². The Morgan fingerprint density at radius 3 is 2.74 bits per heavy atom. The Labute approximate surface area is 131 Å². The van der Waals surface area contributed by atoms with Gasteiger partial charge in [0.25, 0.3) is 5.91 Å². The lowest BCUT2D eigenvalue weighted by molar-refractivity contribution is 0.0319. The van der Waals surface area contributed by atoms with Crippen LogP contribution in [0.25, 0.3) is 11.0 Å². The van der Waals surface area contributed by atoms with Crippen LogP contribution in [0, 0.1) is 12.7 Å². The van der Waals surface area contributed by atoms with Gasteiger partial charge in [0.2, 0.25) is 0 Å². The molecular weight excluding hydrogens is 301 g/mol. The Morgan fingerprint density at radius 1 is 1.30 bits per heavy atom. The van der Waals surface area contributed by atoms with E-state index in [1.54, 1.807) is 31.2 Å². The van der Waals surface area contributed by atoms with Crippen molar-refractivity contribution in [1.82, 2.24) is 5.32 Å². The molecule has 0 fully saturated rings. The molecule has 23 heavy (non-hydrogen) atoms. The van der Waals surface area contributed by atoms with Gasteiger partial charge in [-0.05, 0) is 38.1 Å². The number of aryl methyl sites for hydroxylation is 1. The number of amides is 1. The maximum atomic E-state index is 13.6. The first-order valence-electron chi connectivity index (χ1n) is 7.12. The summed E-state index contributed by atoms with van der Waals surface area (Å²) in [7, 11) is 0. The van der Waals surface area contributed by atoms with Crippen molar-refractivity contribution in [2.45, 2.75) is 19.4 Å². The molecule has 1 amide bonds. The van der Waals surface area contributed by atoms with Gasteiger partial charge in [-0.3, -0.25) is 4.79 Å². The minimum Gasteiger partial charge on any atom is -0.463 e. The van der Waals surface area contributed by atoms with Gasteiger partial charge in [-0.2, -0.15) is 0 Å². The van der Waals surface area contributed by atoms with E-state index in [9.17, 15) is 14.3 Å². The van der Waals surface area contributed by atoms with Crippen LogP contribution in [0.15, 0.2) is 45.2 Å². The number of nitrogens with one attached hydrogen (secondary N) is 1. The monoisotopic (exact) mass is 317 g/mol. The largest absolute Gasteiger partial charge is 0.463 e. The van der Waals surface area contributed by atoms with E-state index in [4.69, 9.17) is 8.83 Å². The normalized spacial score (nSPS) is 13.9. The molecule has 3 aromatic rings. The van der Waals surface area contributed by atoms with Crippen LogP contribution in [-0.4, -0.2) is 17.6 Å². The van der Waals surface area contributed by atoms with Gasteiger partial charge in [0.15, 0.2) is 17.2 Å². The second kappa shape index (κ2) is 5.55. The third-order valence-corrected chi connectivity index (χ3v) is 3.58. The van der Waals surface area contributed by atoms with E-state index in [-0.39, 0.29) is 17.9 Å². The Bertz CT molecular complexity index is 862. The molecular formula is C17H16FNO4. The number of carbonyl (C=O) groups excluding carboxylic acids is 1. The number of furan rings is 2. The zero-order valence-corrected chi connectivity index (χ0v) is 12.7. The topological polar surface area (TPSA) is 75.6 Å². The minimum absolute atomic E-state index is 0.0171. The maximum Gasteiger partial charge on any atom is 0.287 e. The highest BCUT2D eigenvalue weighted by atomic mass is 19.1. The highest BCUT2D eigenvalue weighted by Crippen LogP contribution is 2.24. The number of hydrogen-bond donors (Lipinski definition) is 2. The standard InChI is InChI=1S/C17H16FNO4/c1-10-6-7-14(22-10)17(2,21)9-19-16(20)13-8-11-4-3-5-12(18)15(11)23-13/h3-8,21H,9H2,1-2H3,(H,19,20). The molecule has 1 atom stereocenters. The zero-order chi connectivity index (χ0) is 16.6. The van der Waals surface area contributed by atoms with Gasteiger partial charge >= 0.3 is 0 Å². The van der Waals surface area contributed by atoms with Crippen LogP contribution >= 0.6 is 0 Å². The zero-order valence-electron chi connectivity index (χ0n) is 12.7. The predicted molar refractivity (Wildman–Crippen MR) is 81.5 cm³/mol. The quantitative estimate of drug-likeness (QED) is 0.775. The van der Waals surface area contributed by atoms with Gasteiger partial charge in [0, 0.05) is 5.39 Å². The summed E-state index contributed by atoms with van der Waals surface area (Å²) in [4.78, 5) is 12.1. The maximum absolute atomic E-state index is 13.6. The number of rotatable bonds is 4. The second-order valence-electron chi connectivity index (χ2n) is 5.64. The molecule has 1 aromatic carbocycles. The minimum atomic E-state index is -1.36. The Morgan fingerprint density at radius 2 is 2.09 bits per heavy atom. The van der Waals surface area contributed by atoms with E-state index >= 15 is 0 Å². The van der Waals surface area contributed by atoms with Gasteiger partial charge in [0.05, 0.1) is 6.54 Å². The van der Waals surface area contributed by atoms with Crippen LogP contribution in [0.5, 0.6) is 0 Å². The highest BCUT2D eigenvalue weighted by molar-refractivity contribution is 5.96. The van der Waals surface area contributed by atoms with Gasteiger partial charge in [-0.1, -0.05) is 12.1 Å². The fourth-order valence-electron chi connectivity index (χ4n) is 2.29. The fraction of sp³-hybridized carbons (Fsp3) is 0.235. The van der Waals surface area contributed by atoms with Gasteiger partial charge < -0.3 is 19.3 Å².